The fraction of sp³-hybridized carbons (Fsp3) is 0.263. The van der Waals surface area contributed by atoms with E-state index in [-0.39, 0.29) is 11.8 Å². The van der Waals surface area contributed by atoms with Gasteiger partial charge in [-0.1, -0.05) is 36.8 Å². The van der Waals surface area contributed by atoms with Gasteiger partial charge >= 0.3 is 5.97 Å². The monoisotopic (exact) mass is 294 g/mol. The molecule has 0 atom stereocenters. The molecule has 3 rings (SSSR count). The summed E-state index contributed by atoms with van der Waals surface area (Å²) in [4.78, 5) is 23.9. The fourth-order valence-electron chi connectivity index (χ4n) is 2.86. The Hall–Kier alpha value is -2.42. The number of ether oxygens (including phenoxy) is 1. The van der Waals surface area contributed by atoms with Crippen molar-refractivity contribution in [1.82, 2.24) is 0 Å². The number of ketones is 1. The van der Waals surface area contributed by atoms with Crippen LogP contribution in [0.4, 0.5) is 0 Å². The highest BCUT2D eigenvalue weighted by molar-refractivity contribution is 5.94. The van der Waals surface area contributed by atoms with Gasteiger partial charge in [0.05, 0.1) is 5.41 Å². The Morgan fingerprint density at radius 3 is 2.09 bits per heavy atom. The summed E-state index contributed by atoms with van der Waals surface area (Å²) in [5.41, 5.74) is 1.12. The molecule has 0 aliphatic heterocycles. The number of carbonyl (C=O) groups excluding carboxylic acids is 2. The summed E-state index contributed by atoms with van der Waals surface area (Å²) in [6.45, 7) is 1.51. The average Bonchev–Trinajstić information content (AvgIpc) is 2.48. The molecule has 0 heterocycles. The van der Waals surface area contributed by atoms with Crippen LogP contribution in [0, 0.1) is 0 Å². The predicted octanol–water partition coefficient (Wildman–Crippen LogP) is 3.92. The van der Waals surface area contributed by atoms with E-state index in [1.807, 2.05) is 30.3 Å². The number of Topliss-reactive ketones (excluding diaryl/α,β-unsaturated/α-hetero) is 1. The fourth-order valence-corrected chi connectivity index (χ4v) is 2.86. The van der Waals surface area contributed by atoms with Crippen molar-refractivity contribution in [1.29, 1.82) is 0 Å². The minimum Gasteiger partial charge on any atom is -0.426 e. The Kier molecular flexibility index (Phi) is 3.80. The van der Waals surface area contributed by atoms with Crippen LogP contribution in [0.1, 0.15) is 42.1 Å². The number of hydrogen-bond donors (Lipinski definition) is 0. The van der Waals surface area contributed by atoms with E-state index in [1.165, 1.54) is 6.92 Å². The van der Waals surface area contributed by atoms with Gasteiger partial charge in [-0.05, 0) is 49.6 Å². The minimum atomic E-state index is -0.513. The summed E-state index contributed by atoms with van der Waals surface area (Å²) in [7, 11) is 0. The Labute approximate surface area is 129 Å². The third-order valence-corrected chi connectivity index (χ3v) is 4.40. The molecule has 3 heteroatoms. The van der Waals surface area contributed by atoms with E-state index in [0.717, 1.165) is 24.8 Å². The van der Waals surface area contributed by atoms with E-state index in [1.54, 1.807) is 24.3 Å². The Morgan fingerprint density at radius 2 is 1.59 bits per heavy atom. The maximum absolute atomic E-state index is 12.6. The molecule has 1 aliphatic rings. The maximum atomic E-state index is 12.6. The van der Waals surface area contributed by atoms with Crippen LogP contribution in [0.5, 0.6) is 5.75 Å². The van der Waals surface area contributed by atoms with Crippen molar-refractivity contribution in [3.05, 3.63) is 65.7 Å². The van der Waals surface area contributed by atoms with Crippen LogP contribution in [0.25, 0.3) is 0 Å². The van der Waals surface area contributed by atoms with E-state index >= 15 is 0 Å². The van der Waals surface area contributed by atoms with E-state index < -0.39 is 5.41 Å². The zero-order valence-electron chi connectivity index (χ0n) is 12.5. The van der Waals surface area contributed by atoms with Crippen molar-refractivity contribution in [3.63, 3.8) is 0 Å². The van der Waals surface area contributed by atoms with E-state index in [9.17, 15) is 9.59 Å². The molecule has 0 N–H and O–H groups in total. The van der Waals surface area contributed by atoms with Crippen molar-refractivity contribution in [3.8, 4) is 5.75 Å². The van der Waals surface area contributed by atoms with Crippen molar-refractivity contribution in [2.45, 2.75) is 31.6 Å². The lowest BCUT2D eigenvalue weighted by Gasteiger charge is -2.39. The van der Waals surface area contributed by atoms with E-state index in [2.05, 4.69) is 0 Å². The quantitative estimate of drug-likeness (QED) is 0.488. The number of benzene rings is 2. The molecule has 0 bridgehead atoms. The Morgan fingerprint density at radius 1 is 0.955 bits per heavy atom. The van der Waals surface area contributed by atoms with Crippen molar-refractivity contribution in [2.24, 2.45) is 0 Å². The second-order valence-corrected chi connectivity index (χ2v) is 5.77. The largest absolute Gasteiger partial charge is 0.426 e. The van der Waals surface area contributed by atoms with Gasteiger partial charge in [-0.3, -0.25) is 9.59 Å². The summed E-state index contributed by atoms with van der Waals surface area (Å²) in [5.74, 6) is 0.273. The van der Waals surface area contributed by atoms with Gasteiger partial charge in [0.2, 0.25) is 0 Å². The summed E-state index contributed by atoms with van der Waals surface area (Å²) < 4.78 is 5.56. The van der Waals surface area contributed by atoms with Gasteiger partial charge in [0.15, 0.2) is 5.78 Å². The number of esters is 1. The number of rotatable bonds is 4. The molecule has 3 nitrogen and oxygen atoms in total. The summed E-state index contributed by atoms with van der Waals surface area (Å²) in [6, 6.07) is 16.5. The molecule has 1 saturated carbocycles. The van der Waals surface area contributed by atoms with Gasteiger partial charge in [-0.15, -0.1) is 0 Å². The number of carbonyl (C=O) groups is 2. The first kappa shape index (κ1) is 14.5. The molecule has 0 amide bonds. The summed E-state index contributed by atoms with van der Waals surface area (Å²) in [6.07, 6.45) is 2.68. The van der Waals surface area contributed by atoms with Crippen LogP contribution in [-0.4, -0.2) is 11.8 Å². The lowest BCUT2D eigenvalue weighted by atomic mass is 9.64. The topological polar surface area (TPSA) is 43.4 Å². The van der Waals surface area contributed by atoms with Crippen LogP contribution in [0.2, 0.25) is 0 Å². The molecule has 2 aromatic carbocycles. The average molecular weight is 294 g/mol. The highest BCUT2D eigenvalue weighted by Crippen LogP contribution is 2.44. The first-order chi connectivity index (χ1) is 10.6. The minimum absolute atomic E-state index is 0.00220. The molecular weight excluding hydrogens is 276 g/mol. The van der Waals surface area contributed by atoms with Crippen LogP contribution in [0.15, 0.2) is 54.6 Å². The molecule has 0 unspecified atom stereocenters. The Balaban J connectivity index is 1.80. The van der Waals surface area contributed by atoms with Crippen LogP contribution in [-0.2, 0) is 10.2 Å². The standard InChI is InChI=1S/C19H18O3/c1-14(20)15-8-10-17(11-9-15)22-18(21)19(12-5-13-19)16-6-3-2-4-7-16/h2-4,6-11H,5,12-13H2,1H3. The molecule has 1 aliphatic carbocycles. The zero-order chi connectivity index (χ0) is 15.6. The molecule has 0 radical (unpaired) electrons. The predicted molar refractivity (Wildman–Crippen MR) is 84.1 cm³/mol. The second-order valence-electron chi connectivity index (χ2n) is 5.77. The van der Waals surface area contributed by atoms with Gasteiger partial charge in [0, 0.05) is 5.56 Å². The van der Waals surface area contributed by atoms with E-state index in [4.69, 9.17) is 4.74 Å². The molecular formula is C19H18O3. The molecule has 2 aromatic rings. The SMILES string of the molecule is CC(=O)c1ccc(OC(=O)C2(c3ccccc3)CCC2)cc1. The molecule has 1 fully saturated rings. The molecule has 112 valence electrons. The first-order valence-electron chi connectivity index (χ1n) is 7.51. The molecule has 0 saturated heterocycles. The van der Waals surface area contributed by atoms with Crippen molar-refractivity contribution in [2.75, 3.05) is 0 Å². The van der Waals surface area contributed by atoms with Gasteiger partial charge in [-0.2, -0.15) is 0 Å². The van der Waals surface area contributed by atoms with E-state index in [0.29, 0.717) is 11.3 Å². The van der Waals surface area contributed by atoms with Gasteiger partial charge in [0.25, 0.3) is 0 Å². The van der Waals surface area contributed by atoms with Crippen LogP contribution >= 0.6 is 0 Å². The normalized spacial score (nSPS) is 15.7. The third-order valence-electron chi connectivity index (χ3n) is 4.40. The van der Waals surface area contributed by atoms with Crippen molar-refractivity contribution >= 4 is 11.8 Å². The molecule has 0 spiro atoms. The number of hydrogen-bond acceptors (Lipinski definition) is 3. The summed E-state index contributed by atoms with van der Waals surface area (Å²) in [5, 5.41) is 0. The van der Waals surface area contributed by atoms with Gasteiger partial charge < -0.3 is 4.74 Å². The zero-order valence-corrected chi connectivity index (χ0v) is 12.5. The highest BCUT2D eigenvalue weighted by Gasteiger charge is 2.47. The van der Waals surface area contributed by atoms with Crippen LogP contribution in [0.3, 0.4) is 0 Å². The summed E-state index contributed by atoms with van der Waals surface area (Å²) >= 11 is 0. The lowest BCUT2D eigenvalue weighted by Crippen LogP contribution is -2.45. The Bertz CT molecular complexity index is 682. The molecule has 0 aromatic heterocycles. The highest BCUT2D eigenvalue weighted by atomic mass is 16.5. The third kappa shape index (κ3) is 2.54. The van der Waals surface area contributed by atoms with Crippen LogP contribution < -0.4 is 4.74 Å². The lowest BCUT2D eigenvalue weighted by molar-refractivity contribution is -0.144. The van der Waals surface area contributed by atoms with Gasteiger partial charge in [0.1, 0.15) is 5.75 Å². The smallest absolute Gasteiger partial charge is 0.321 e. The maximum Gasteiger partial charge on any atom is 0.321 e. The second kappa shape index (κ2) is 5.76. The first-order valence-corrected chi connectivity index (χ1v) is 7.51. The van der Waals surface area contributed by atoms with Crippen molar-refractivity contribution < 1.29 is 14.3 Å². The van der Waals surface area contributed by atoms with Gasteiger partial charge in [-0.25, -0.2) is 0 Å². The molecule has 22 heavy (non-hydrogen) atoms.